The summed E-state index contributed by atoms with van der Waals surface area (Å²) >= 11 is 0. The zero-order chi connectivity index (χ0) is 22.0. The van der Waals surface area contributed by atoms with E-state index in [4.69, 9.17) is 14.0 Å². The van der Waals surface area contributed by atoms with Crippen molar-refractivity contribution in [2.75, 3.05) is 14.2 Å². The first kappa shape index (κ1) is 20.3. The highest BCUT2D eigenvalue weighted by molar-refractivity contribution is 6.06. The lowest BCUT2D eigenvalue weighted by molar-refractivity contribution is 0.0952. The van der Waals surface area contributed by atoms with Gasteiger partial charge in [0.05, 0.1) is 36.6 Å². The fourth-order valence-electron chi connectivity index (χ4n) is 3.29. The van der Waals surface area contributed by atoms with E-state index in [9.17, 15) is 9.18 Å². The molecule has 0 aliphatic carbocycles. The van der Waals surface area contributed by atoms with Gasteiger partial charge in [0.1, 0.15) is 17.3 Å². The van der Waals surface area contributed by atoms with Crippen LogP contribution in [-0.2, 0) is 6.54 Å². The summed E-state index contributed by atoms with van der Waals surface area (Å²) < 4.78 is 29.2. The molecule has 0 aliphatic rings. The molecular weight excluding hydrogens is 401 g/mol. The molecule has 0 saturated carbocycles. The molecule has 0 bridgehead atoms. The number of fused-ring (bicyclic) bond motifs is 1. The number of methoxy groups -OCH3 is 2. The molecule has 2 aromatic carbocycles. The quantitative estimate of drug-likeness (QED) is 0.500. The van der Waals surface area contributed by atoms with Crippen molar-refractivity contribution in [1.29, 1.82) is 0 Å². The van der Waals surface area contributed by atoms with Crippen LogP contribution in [0, 0.1) is 12.7 Å². The molecule has 0 unspecified atom stereocenters. The van der Waals surface area contributed by atoms with Crippen LogP contribution in [0.5, 0.6) is 11.5 Å². The third kappa shape index (κ3) is 4.18. The van der Waals surface area contributed by atoms with Crippen LogP contribution in [0.3, 0.4) is 0 Å². The summed E-state index contributed by atoms with van der Waals surface area (Å²) in [5, 5.41) is 7.38. The van der Waals surface area contributed by atoms with E-state index in [1.165, 1.54) is 12.1 Å². The molecule has 4 rings (SSSR count). The molecule has 0 radical (unpaired) electrons. The molecule has 2 heterocycles. The second kappa shape index (κ2) is 8.43. The molecule has 4 aromatic rings. The zero-order valence-electron chi connectivity index (χ0n) is 17.2. The molecule has 8 heteroatoms. The summed E-state index contributed by atoms with van der Waals surface area (Å²) in [4.78, 5) is 17.5. The SMILES string of the molecule is COc1cc(CNC(=O)c2cc(-c3ccc(F)cc3)nc3onc(C)c23)cc(OC)c1. The van der Waals surface area contributed by atoms with Gasteiger partial charge in [0.2, 0.25) is 0 Å². The van der Waals surface area contributed by atoms with E-state index in [1.807, 2.05) is 12.1 Å². The molecule has 158 valence electrons. The number of nitrogens with one attached hydrogen (secondary N) is 1. The van der Waals surface area contributed by atoms with Crippen molar-refractivity contribution in [3.05, 3.63) is 71.2 Å². The molecule has 0 saturated heterocycles. The average molecular weight is 421 g/mol. The number of hydrogen-bond acceptors (Lipinski definition) is 6. The Bertz CT molecular complexity index is 1230. The van der Waals surface area contributed by atoms with Gasteiger partial charge in [0.15, 0.2) is 0 Å². The number of carbonyl (C=O) groups excluding carboxylic acids is 1. The minimum Gasteiger partial charge on any atom is -0.497 e. The first-order chi connectivity index (χ1) is 15.0. The fraction of sp³-hybridized carbons (Fsp3) is 0.174. The fourth-order valence-corrected chi connectivity index (χ4v) is 3.29. The largest absolute Gasteiger partial charge is 0.497 e. The molecule has 31 heavy (non-hydrogen) atoms. The number of ether oxygens (including phenoxy) is 2. The van der Waals surface area contributed by atoms with E-state index in [0.717, 1.165) is 5.56 Å². The Labute approximate surface area is 177 Å². The maximum Gasteiger partial charge on any atom is 0.259 e. The monoisotopic (exact) mass is 421 g/mol. The highest BCUT2D eigenvalue weighted by atomic mass is 19.1. The van der Waals surface area contributed by atoms with Crippen molar-refractivity contribution in [3.63, 3.8) is 0 Å². The van der Waals surface area contributed by atoms with Gasteiger partial charge in [-0.2, -0.15) is 0 Å². The molecule has 2 aromatic heterocycles. The van der Waals surface area contributed by atoms with Crippen LogP contribution >= 0.6 is 0 Å². The van der Waals surface area contributed by atoms with Gasteiger partial charge in [-0.25, -0.2) is 9.37 Å². The molecular formula is C23H20FN3O4. The first-order valence-corrected chi connectivity index (χ1v) is 9.51. The van der Waals surface area contributed by atoms with Gasteiger partial charge in [-0.15, -0.1) is 0 Å². The van der Waals surface area contributed by atoms with E-state index >= 15 is 0 Å². The highest BCUT2D eigenvalue weighted by Gasteiger charge is 2.19. The number of rotatable bonds is 6. The molecule has 0 atom stereocenters. The van der Waals surface area contributed by atoms with Gasteiger partial charge < -0.3 is 19.3 Å². The number of nitrogens with zero attached hydrogens (tertiary/aromatic N) is 2. The second-order valence-corrected chi connectivity index (χ2v) is 6.91. The molecule has 0 fully saturated rings. The normalized spacial score (nSPS) is 10.8. The average Bonchev–Trinajstić information content (AvgIpc) is 3.17. The number of halogens is 1. The second-order valence-electron chi connectivity index (χ2n) is 6.91. The van der Waals surface area contributed by atoms with Crippen LogP contribution in [-0.4, -0.2) is 30.3 Å². The van der Waals surface area contributed by atoms with Crippen molar-refractivity contribution in [3.8, 4) is 22.8 Å². The number of benzene rings is 2. The Morgan fingerprint density at radius 2 is 1.74 bits per heavy atom. The van der Waals surface area contributed by atoms with Crippen LogP contribution < -0.4 is 14.8 Å². The van der Waals surface area contributed by atoms with Gasteiger partial charge in [-0.05, 0) is 55.0 Å². The van der Waals surface area contributed by atoms with Gasteiger partial charge in [0, 0.05) is 18.2 Å². The zero-order valence-corrected chi connectivity index (χ0v) is 17.2. The van der Waals surface area contributed by atoms with Crippen LogP contribution in [0.15, 0.2) is 53.1 Å². The Kier molecular flexibility index (Phi) is 5.53. The number of pyridine rings is 1. The summed E-state index contributed by atoms with van der Waals surface area (Å²) in [5.41, 5.74) is 3.13. The van der Waals surface area contributed by atoms with Gasteiger partial charge in [-0.1, -0.05) is 5.16 Å². The maximum atomic E-state index is 13.3. The first-order valence-electron chi connectivity index (χ1n) is 9.51. The summed E-state index contributed by atoms with van der Waals surface area (Å²) in [6.07, 6.45) is 0. The van der Waals surface area contributed by atoms with E-state index < -0.39 is 0 Å². The minimum absolute atomic E-state index is 0.243. The Morgan fingerprint density at radius 1 is 1.06 bits per heavy atom. The van der Waals surface area contributed by atoms with E-state index in [-0.39, 0.29) is 24.0 Å². The van der Waals surface area contributed by atoms with Crippen LogP contribution in [0.25, 0.3) is 22.4 Å². The Hall–Kier alpha value is -3.94. The number of amides is 1. The number of aromatic nitrogens is 2. The van der Waals surface area contributed by atoms with Crippen molar-refractivity contribution < 1.29 is 23.2 Å². The summed E-state index contributed by atoms with van der Waals surface area (Å²) in [6, 6.07) is 12.9. The third-order valence-corrected chi connectivity index (χ3v) is 4.87. The van der Waals surface area contributed by atoms with Crippen molar-refractivity contribution in [1.82, 2.24) is 15.5 Å². The van der Waals surface area contributed by atoms with Gasteiger partial charge >= 0.3 is 0 Å². The third-order valence-electron chi connectivity index (χ3n) is 4.87. The van der Waals surface area contributed by atoms with Crippen LogP contribution in [0.2, 0.25) is 0 Å². The molecule has 0 spiro atoms. The van der Waals surface area contributed by atoms with Gasteiger partial charge in [-0.3, -0.25) is 4.79 Å². The highest BCUT2D eigenvalue weighted by Crippen LogP contribution is 2.27. The predicted octanol–water partition coefficient (Wildman–Crippen LogP) is 4.28. The van der Waals surface area contributed by atoms with Gasteiger partial charge in [0.25, 0.3) is 11.6 Å². The van der Waals surface area contributed by atoms with Crippen molar-refractivity contribution in [2.45, 2.75) is 13.5 Å². The lowest BCUT2D eigenvalue weighted by Gasteiger charge is -2.11. The molecule has 1 N–H and O–H groups in total. The van der Waals surface area contributed by atoms with E-state index in [0.29, 0.717) is 39.4 Å². The summed E-state index contributed by atoms with van der Waals surface area (Å²) in [6.45, 7) is 2.00. The van der Waals surface area contributed by atoms with Crippen LogP contribution in [0.4, 0.5) is 4.39 Å². The van der Waals surface area contributed by atoms with E-state index in [1.54, 1.807) is 45.4 Å². The summed E-state index contributed by atoms with van der Waals surface area (Å²) in [7, 11) is 3.13. The Morgan fingerprint density at radius 3 is 2.39 bits per heavy atom. The molecule has 0 aliphatic heterocycles. The van der Waals surface area contributed by atoms with E-state index in [2.05, 4.69) is 15.5 Å². The summed E-state index contributed by atoms with van der Waals surface area (Å²) in [5.74, 6) is 0.586. The smallest absolute Gasteiger partial charge is 0.259 e. The minimum atomic E-state index is -0.355. The number of hydrogen-bond donors (Lipinski definition) is 1. The lowest BCUT2D eigenvalue weighted by atomic mass is 10.0. The standard InChI is InChI=1S/C23H20FN3O4/c1-13-21-19(22(28)25-12-14-8-17(29-2)10-18(9-14)30-3)11-20(26-23(21)31-27-13)15-4-6-16(24)7-5-15/h4-11H,12H2,1-3H3,(H,25,28). The number of aryl methyl sites for hydroxylation is 1. The lowest BCUT2D eigenvalue weighted by Crippen LogP contribution is -2.23. The van der Waals surface area contributed by atoms with Crippen molar-refractivity contribution >= 4 is 17.0 Å². The van der Waals surface area contributed by atoms with Crippen LogP contribution in [0.1, 0.15) is 21.6 Å². The maximum absolute atomic E-state index is 13.3. The topological polar surface area (TPSA) is 86.5 Å². The molecule has 1 amide bonds. The van der Waals surface area contributed by atoms with Crippen molar-refractivity contribution in [2.24, 2.45) is 0 Å². The molecule has 7 nitrogen and oxygen atoms in total. The Balaban J connectivity index is 1.67. The number of carbonyl (C=O) groups is 1. The predicted molar refractivity (Wildman–Crippen MR) is 113 cm³/mol.